The van der Waals surface area contributed by atoms with E-state index in [4.69, 9.17) is 4.74 Å². The molecule has 1 fully saturated rings. The van der Waals surface area contributed by atoms with Gasteiger partial charge in [0.1, 0.15) is 5.82 Å². The number of thiophene rings is 1. The second-order valence-electron chi connectivity index (χ2n) is 6.53. The monoisotopic (exact) mass is 399 g/mol. The summed E-state index contributed by atoms with van der Waals surface area (Å²) < 4.78 is 19.7. The van der Waals surface area contributed by atoms with Crippen molar-refractivity contribution in [3.05, 3.63) is 59.0 Å². The maximum atomic E-state index is 13.5. The van der Waals surface area contributed by atoms with Crippen molar-refractivity contribution in [2.75, 3.05) is 26.2 Å². The first kappa shape index (κ1) is 18.4. The molecule has 4 rings (SSSR count). The van der Waals surface area contributed by atoms with Crippen LogP contribution in [-0.4, -0.2) is 53.0 Å². The van der Waals surface area contributed by atoms with Crippen molar-refractivity contribution in [2.24, 2.45) is 0 Å². The van der Waals surface area contributed by atoms with Gasteiger partial charge in [-0.2, -0.15) is 0 Å². The maximum Gasteiger partial charge on any atom is 0.415 e. The topological polar surface area (TPSA) is 62.7 Å². The highest BCUT2D eigenvalue weighted by atomic mass is 32.1. The third kappa shape index (κ3) is 3.55. The molecule has 0 radical (unpaired) electrons. The summed E-state index contributed by atoms with van der Waals surface area (Å²) in [4.78, 5) is 33.0. The molecule has 0 saturated carbocycles. The summed E-state index contributed by atoms with van der Waals surface area (Å²) in [6, 6.07) is 7.92. The highest BCUT2D eigenvalue weighted by molar-refractivity contribution is 7.21. The molecule has 0 aliphatic carbocycles. The van der Waals surface area contributed by atoms with Crippen molar-refractivity contribution < 1.29 is 18.7 Å². The Bertz CT molecular complexity index is 1030. The van der Waals surface area contributed by atoms with E-state index < -0.39 is 6.09 Å². The number of benzene rings is 1. The van der Waals surface area contributed by atoms with Gasteiger partial charge in [-0.25, -0.2) is 9.18 Å². The van der Waals surface area contributed by atoms with Gasteiger partial charge in [-0.05, 0) is 48.2 Å². The number of carbonyl (C=O) groups is 2. The highest BCUT2D eigenvalue weighted by Crippen LogP contribution is 2.32. The third-order valence-electron chi connectivity index (χ3n) is 4.76. The molecule has 28 heavy (non-hydrogen) atoms. The Balaban J connectivity index is 1.42. The van der Waals surface area contributed by atoms with E-state index >= 15 is 0 Å². The number of pyridine rings is 1. The van der Waals surface area contributed by atoms with Crippen molar-refractivity contribution in [2.45, 2.75) is 6.92 Å². The molecule has 0 atom stereocenters. The van der Waals surface area contributed by atoms with Crippen LogP contribution in [0.5, 0.6) is 5.75 Å². The molecule has 2 aromatic heterocycles. The predicted molar refractivity (Wildman–Crippen MR) is 104 cm³/mol. The van der Waals surface area contributed by atoms with Gasteiger partial charge in [0.25, 0.3) is 5.91 Å². The van der Waals surface area contributed by atoms with E-state index in [9.17, 15) is 14.0 Å². The second kappa shape index (κ2) is 7.55. The molecular weight excluding hydrogens is 381 g/mol. The Hall–Kier alpha value is -3.00. The van der Waals surface area contributed by atoms with Gasteiger partial charge >= 0.3 is 6.09 Å². The Kier molecular flexibility index (Phi) is 4.95. The first-order valence-corrected chi connectivity index (χ1v) is 9.69. The van der Waals surface area contributed by atoms with E-state index in [-0.39, 0.29) is 11.7 Å². The number of fused-ring (bicyclic) bond motifs is 1. The van der Waals surface area contributed by atoms with Crippen molar-refractivity contribution in [3.8, 4) is 5.75 Å². The van der Waals surface area contributed by atoms with Crippen LogP contribution in [-0.2, 0) is 0 Å². The average molecular weight is 399 g/mol. The molecule has 0 bridgehead atoms. The van der Waals surface area contributed by atoms with E-state index in [2.05, 4.69) is 4.98 Å². The molecule has 2 amide bonds. The number of aromatic nitrogens is 1. The van der Waals surface area contributed by atoms with E-state index in [1.54, 1.807) is 34.2 Å². The molecule has 0 N–H and O–H groups in total. The summed E-state index contributed by atoms with van der Waals surface area (Å²) in [5.74, 6) is -0.00772. The number of rotatable bonds is 2. The number of hydrogen-bond donors (Lipinski definition) is 0. The van der Waals surface area contributed by atoms with Gasteiger partial charge in [0.2, 0.25) is 0 Å². The molecule has 0 spiro atoms. The standard InChI is InChI=1S/C20H18FN3O3S/c1-13-16-11-14(21)4-5-17(16)28-18(13)19(25)23-7-9-24(10-8-23)20(26)27-15-3-2-6-22-12-15/h2-6,11-12H,7-10H2,1H3. The molecule has 3 heterocycles. The molecule has 3 aromatic rings. The normalized spacial score (nSPS) is 14.4. The fraction of sp³-hybridized carbons (Fsp3) is 0.250. The summed E-state index contributed by atoms with van der Waals surface area (Å²) in [6.45, 7) is 3.46. The van der Waals surface area contributed by atoms with Crippen molar-refractivity contribution >= 4 is 33.4 Å². The quantitative estimate of drug-likeness (QED) is 0.659. The fourth-order valence-corrected chi connectivity index (χ4v) is 4.36. The number of piperazine rings is 1. The van der Waals surface area contributed by atoms with Crippen molar-refractivity contribution in [1.29, 1.82) is 0 Å². The van der Waals surface area contributed by atoms with E-state index in [1.807, 2.05) is 6.92 Å². The van der Waals surface area contributed by atoms with Crippen LogP contribution in [0.25, 0.3) is 10.1 Å². The van der Waals surface area contributed by atoms with Crippen molar-refractivity contribution in [1.82, 2.24) is 14.8 Å². The van der Waals surface area contributed by atoms with Gasteiger partial charge < -0.3 is 14.5 Å². The van der Waals surface area contributed by atoms with Crippen molar-refractivity contribution in [3.63, 3.8) is 0 Å². The van der Waals surface area contributed by atoms with E-state index in [0.717, 1.165) is 15.6 Å². The van der Waals surface area contributed by atoms with Gasteiger partial charge in [0.15, 0.2) is 5.75 Å². The number of nitrogens with zero attached hydrogens (tertiary/aromatic N) is 3. The first-order chi connectivity index (χ1) is 13.5. The summed E-state index contributed by atoms with van der Waals surface area (Å²) in [7, 11) is 0. The van der Waals surface area contributed by atoms with Crippen LogP contribution in [0.15, 0.2) is 42.7 Å². The van der Waals surface area contributed by atoms with Crippen LogP contribution >= 0.6 is 11.3 Å². The number of amides is 2. The lowest BCUT2D eigenvalue weighted by atomic mass is 10.1. The molecular formula is C20H18FN3O3S. The summed E-state index contributed by atoms with van der Waals surface area (Å²) in [5.41, 5.74) is 0.794. The number of halogens is 1. The number of carbonyl (C=O) groups excluding carboxylic acids is 2. The molecule has 1 aliphatic heterocycles. The molecule has 1 aromatic carbocycles. The lowest BCUT2D eigenvalue weighted by Crippen LogP contribution is -2.51. The first-order valence-electron chi connectivity index (χ1n) is 8.87. The minimum absolute atomic E-state index is 0.0839. The second-order valence-corrected chi connectivity index (χ2v) is 7.58. The molecule has 0 unspecified atom stereocenters. The SMILES string of the molecule is Cc1c(C(=O)N2CCN(C(=O)Oc3cccnc3)CC2)sc2ccc(F)cc12. The number of hydrogen-bond acceptors (Lipinski definition) is 5. The predicted octanol–water partition coefficient (Wildman–Crippen LogP) is 3.70. The van der Waals surface area contributed by atoms with E-state index in [0.29, 0.717) is 36.8 Å². The molecule has 6 nitrogen and oxygen atoms in total. The maximum absolute atomic E-state index is 13.5. The van der Waals surface area contributed by atoms with E-state index in [1.165, 1.54) is 29.7 Å². The third-order valence-corrected chi connectivity index (χ3v) is 6.02. The summed E-state index contributed by atoms with van der Waals surface area (Å²) in [6.07, 6.45) is 2.63. The van der Waals surface area contributed by atoms with Gasteiger partial charge in [-0.15, -0.1) is 11.3 Å². The molecule has 8 heteroatoms. The van der Waals surface area contributed by atoms with Crippen LogP contribution < -0.4 is 4.74 Å². The summed E-state index contributed by atoms with van der Waals surface area (Å²) in [5, 5.41) is 0.770. The lowest BCUT2D eigenvalue weighted by Gasteiger charge is -2.33. The number of aryl methyl sites for hydroxylation is 1. The van der Waals surface area contributed by atoms with Crippen LogP contribution in [0, 0.1) is 12.7 Å². The lowest BCUT2D eigenvalue weighted by molar-refractivity contribution is 0.0637. The molecule has 1 aliphatic rings. The zero-order valence-electron chi connectivity index (χ0n) is 15.2. The van der Waals surface area contributed by atoms with Gasteiger partial charge in [-0.1, -0.05) is 0 Å². The Labute approximate surface area is 165 Å². The Morgan fingerprint density at radius 2 is 1.89 bits per heavy atom. The zero-order valence-corrected chi connectivity index (χ0v) is 16.0. The Morgan fingerprint density at radius 1 is 1.14 bits per heavy atom. The average Bonchev–Trinajstić information content (AvgIpc) is 3.04. The molecule has 144 valence electrons. The van der Waals surface area contributed by atoms with Gasteiger partial charge in [0, 0.05) is 37.1 Å². The minimum Gasteiger partial charge on any atom is -0.409 e. The molecule has 1 saturated heterocycles. The smallest absolute Gasteiger partial charge is 0.409 e. The zero-order chi connectivity index (χ0) is 19.7. The minimum atomic E-state index is -0.450. The van der Waals surface area contributed by atoms with Crippen LogP contribution in [0.3, 0.4) is 0 Å². The van der Waals surface area contributed by atoms with Crippen LogP contribution in [0.2, 0.25) is 0 Å². The fourth-order valence-electron chi connectivity index (χ4n) is 3.21. The van der Waals surface area contributed by atoms with Gasteiger partial charge in [0.05, 0.1) is 11.1 Å². The number of ether oxygens (including phenoxy) is 1. The highest BCUT2D eigenvalue weighted by Gasteiger charge is 2.28. The summed E-state index contributed by atoms with van der Waals surface area (Å²) >= 11 is 1.37. The van der Waals surface area contributed by atoms with Gasteiger partial charge in [-0.3, -0.25) is 9.78 Å². The Morgan fingerprint density at radius 3 is 2.61 bits per heavy atom. The van der Waals surface area contributed by atoms with Crippen LogP contribution in [0.4, 0.5) is 9.18 Å². The largest absolute Gasteiger partial charge is 0.415 e. The van der Waals surface area contributed by atoms with Crippen LogP contribution in [0.1, 0.15) is 15.2 Å².